The maximum absolute atomic E-state index is 6.22. The molecular formula is C14H27ClO4Si. The Balaban J connectivity index is 1.98. The van der Waals surface area contributed by atoms with E-state index in [-0.39, 0.29) is 23.4 Å². The maximum Gasteiger partial charge on any atom is 0.192 e. The molecule has 0 spiro atoms. The normalized spacial score (nSPS) is 37.2. The zero-order chi connectivity index (χ0) is 15.3. The molecule has 0 aromatic heterocycles. The van der Waals surface area contributed by atoms with Crippen LogP contribution in [0.1, 0.15) is 34.6 Å². The maximum atomic E-state index is 6.22. The molecule has 4 atom stereocenters. The van der Waals surface area contributed by atoms with E-state index < -0.39 is 19.7 Å². The molecule has 0 radical (unpaired) electrons. The van der Waals surface area contributed by atoms with Gasteiger partial charge in [-0.15, -0.1) is 0 Å². The zero-order valence-electron chi connectivity index (χ0n) is 13.5. The average Bonchev–Trinajstić information content (AvgIpc) is 2.70. The lowest BCUT2D eigenvalue weighted by atomic mass is 10.2. The van der Waals surface area contributed by atoms with E-state index in [1.165, 1.54) is 0 Å². The second-order valence-corrected chi connectivity index (χ2v) is 12.9. The molecule has 2 heterocycles. The highest BCUT2D eigenvalue weighted by atomic mass is 35.5. The number of hydrogen-bond donors (Lipinski definition) is 0. The smallest absolute Gasteiger partial charge is 0.192 e. The number of ether oxygens (including phenoxy) is 3. The summed E-state index contributed by atoms with van der Waals surface area (Å²) in [4.78, 5) is 0. The highest BCUT2D eigenvalue weighted by Gasteiger charge is 2.55. The molecule has 0 bridgehead atoms. The topological polar surface area (TPSA) is 36.9 Å². The zero-order valence-corrected chi connectivity index (χ0v) is 15.3. The molecule has 0 aromatic rings. The van der Waals surface area contributed by atoms with Gasteiger partial charge in [-0.2, -0.15) is 0 Å². The second-order valence-electron chi connectivity index (χ2n) is 7.66. The third kappa shape index (κ3) is 3.23. The van der Waals surface area contributed by atoms with Crippen molar-refractivity contribution < 1.29 is 18.6 Å². The molecule has 2 aliphatic heterocycles. The minimum Gasteiger partial charge on any atom is -0.414 e. The van der Waals surface area contributed by atoms with Crippen LogP contribution in [0.3, 0.4) is 0 Å². The van der Waals surface area contributed by atoms with Crippen molar-refractivity contribution in [1.82, 2.24) is 0 Å². The molecule has 0 amide bonds. The summed E-state index contributed by atoms with van der Waals surface area (Å²) in [7, 11) is -1.79. The van der Waals surface area contributed by atoms with Crippen LogP contribution in [0.2, 0.25) is 18.1 Å². The van der Waals surface area contributed by atoms with Crippen molar-refractivity contribution in [2.45, 2.75) is 82.4 Å². The molecule has 2 saturated heterocycles. The van der Waals surface area contributed by atoms with E-state index in [1.807, 2.05) is 13.8 Å². The van der Waals surface area contributed by atoms with Crippen LogP contribution in [-0.4, -0.2) is 44.6 Å². The third-order valence-corrected chi connectivity index (χ3v) is 9.36. The third-order valence-electron chi connectivity index (χ3n) is 4.51. The van der Waals surface area contributed by atoms with E-state index in [9.17, 15) is 0 Å². The van der Waals surface area contributed by atoms with Crippen LogP contribution >= 0.6 is 11.6 Å². The summed E-state index contributed by atoms with van der Waals surface area (Å²) in [6.45, 7) is 15.4. The lowest BCUT2D eigenvalue weighted by Crippen LogP contribution is -2.44. The Kier molecular flexibility index (Phi) is 4.36. The number of fused-ring (bicyclic) bond motifs is 1. The molecule has 0 aliphatic carbocycles. The summed E-state index contributed by atoms with van der Waals surface area (Å²) < 4.78 is 23.7. The average molecular weight is 323 g/mol. The van der Waals surface area contributed by atoms with Crippen molar-refractivity contribution in [3.05, 3.63) is 0 Å². The summed E-state index contributed by atoms with van der Waals surface area (Å²) in [6, 6.07) is 0. The van der Waals surface area contributed by atoms with Gasteiger partial charge >= 0.3 is 0 Å². The van der Waals surface area contributed by atoms with Crippen molar-refractivity contribution in [3.8, 4) is 0 Å². The molecule has 2 rings (SSSR count). The fraction of sp³-hybridized carbons (Fsp3) is 1.00. The molecule has 6 heteroatoms. The minimum atomic E-state index is -1.79. The van der Waals surface area contributed by atoms with Gasteiger partial charge in [0.15, 0.2) is 19.7 Å². The molecule has 20 heavy (non-hydrogen) atoms. The van der Waals surface area contributed by atoms with Crippen LogP contribution in [0.15, 0.2) is 0 Å². The number of halogens is 1. The van der Waals surface area contributed by atoms with Crippen LogP contribution in [-0.2, 0) is 18.6 Å². The van der Waals surface area contributed by atoms with Crippen LogP contribution < -0.4 is 0 Å². The quantitative estimate of drug-likeness (QED) is 0.588. The Morgan fingerprint density at radius 1 is 1.15 bits per heavy atom. The van der Waals surface area contributed by atoms with Gasteiger partial charge in [-0.1, -0.05) is 32.4 Å². The van der Waals surface area contributed by atoms with E-state index in [0.29, 0.717) is 6.61 Å². The van der Waals surface area contributed by atoms with Crippen molar-refractivity contribution in [2.75, 3.05) is 6.61 Å². The minimum absolute atomic E-state index is 0.141. The molecule has 0 unspecified atom stereocenters. The molecule has 0 saturated carbocycles. The Morgan fingerprint density at radius 3 is 2.25 bits per heavy atom. The molecule has 2 fully saturated rings. The summed E-state index contributed by atoms with van der Waals surface area (Å²) >= 11 is 6.20. The number of rotatable bonds is 3. The molecular weight excluding hydrogens is 296 g/mol. The summed E-state index contributed by atoms with van der Waals surface area (Å²) in [6.07, 6.45) is -0.504. The first-order valence-electron chi connectivity index (χ1n) is 7.22. The highest BCUT2D eigenvalue weighted by Crippen LogP contribution is 2.41. The van der Waals surface area contributed by atoms with Gasteiger partial charge in [0, 0.05) is 0 Å². The van der Waals surface area contributed by atoms with Gasteiger partial charge in [-0.3, -0.25) is 0 Å². The van der Waals surface area contributed by atoms with Crippen LogP contribution in [0, 0.1) is 0 Å². The fourth-order valence-corrected chi connectivity index (χ4v) is 3.61. The Morgan fingerprint density at radius 2 is 1.70 bits per heavy atom. The molecule has 118 valence electrons. The van der Waals surface area contributed by atoms with E-state index >= 15 is 0 Å². The van der Waals surface area contributed by atoms with Gasteiger partial charge in [-0.25, -0.2) is 0 Å². The van der Waals surface area contributed by atoms with E-state index in [1.54, 1.807) is 0 Å². The summed E-state index contributed by atoms with van der Waals surface area (Å²) in [5.74, 6) is -0.596. The predicted octanol–water partition coefficient (Wildman–Crippen LogP) is 3.49. The van der Waals surface area contributed by atoms with Crippen molar-refractivity contribution >= 4 is 19.9 Å². The monoisotopic (exact) mass is 322 g/mol. The lowest BCUT2D eigenvalue weighted by molar-refractivity contribution is -0.181. The predicted molar refractivity (Wildman–Crippen MR) is 81.5 cm³/mol. The molecule has 0 aromatic carbocycles. The second kappa shape index (κ2) is 5.21. The first-order chi connectivity index (χ1) is 8.93. The van der Waals surface area contributed by atoms with Crippen LogP contribution in [0.25, 0.3) is 0 Å². The molecule has 4 nitrogen and oxygen atoms in total. The number of hydrogen-bond acceptors (Lipinski definition) is 4. The van der Waals surface area contributed by atoms with E-state index in [0.717, 1.165) is 0 Å². The van der Waals surface area contributed by atoms with Gasteiger partial charge in [0.2, 0.25) is 0 Å². The largest absolute Gasteiger partial charge is 0.414 e. The SMILES string of the molecule is CC1(C)O[C@@H]2[C@H](O1)[C@@H](CO[Si](C)(C)C(C)(C)C)O[C@@H]2Cl. The highest BCUT2D eigenvalue weighted by molar-refractivity contribution is 6.74. The van der Waals surface area contributed by atoms with Gasteiger partial charge in [-0.05, 0) is 32.0 Å². The Labute approximate surface area is 128 Å². The lowest BCUT2D eigenvalue weighted by Gasteiger charge is -2.37. The summed E-state index contributed by atoms with van der Waals surface area (Å²) in [5.41, 5.74) is -0.463. The van der Waals surface area contributed by atoms with Gasteiger partial charge in [0.05, 0.1) is 6.61 Å². The standard InChI is InChI=1S/C14H27ClO4Si/c1-13(2,3)20(6,7)16-8-9-10-11(12(15)17-9)19-14(4,5)18-10/h9-12H,8H2,1-7H3/t9-,10-,11-,12+/m1/s1. The first kappa shape index (κ1) is 16.7. The van der Waals surface area contributed by atoms with Crippen LogP contribution in [0.5, 0.6) is 0 Å². The van der Waals surface area contributed by atoms with Gasteiger partial charge < -0.3 is 18.6 Å². The Bertz CT molecular complexity index is 367. The van der Waals surface area contributed by atoms with E-state index in [4.69, 9.17) is 30.2 Å². The van der Waals surface area contributed by atoms with Gasteiger partial charge in [0.1, 0.15) is 18.3 Å². The molecule has 0 N–H and O–H groups in total. The fourth-order valence-electron chi connectivity index (χ4n) is 2.27. The molecule has 2 aliphatic rings. The van der Waals surface area contributed by atoms with Crippen LogP contribution in [0.4, 0.5) is 0 Å². The van der Waals surface area contributed by atoms with E-state index in [2.05, 4.69) is 33.9 Å². The van der Waals surface area contributed by atoms with Crippen molar-refractivity contribution in [1.29, 1.82) is 0 Å². The summed E-state index contributed by atoms with van der Waals surface area (Å²) in [5, 5.41) is 0.178. The Hall–Kier alpha value is 0.347. The number of alkyl halides is 1. The van der Waals surface area contributed by atoms with Crippen molar-refractivity contribution in [3.63, 3.8) is 0 Å². The first-order valence-corrected chi connectivity index (χ1v) is 10.6. The van der Waals surface area contributed by atoms with Crippen molar-refractivity contribution in [2.24, 2.45) is 0 Å². The van der Waals surface area contributed by atoms with Gasteiger partial charge in [0.25, 0.3) is 0 Å².